The van der Waals surface area contributed by atoms with Crippen LogP contribution in [0.15, 0.2) is 0 Å². The molecule has 0 saturated heterocycles. The van der Waals surface area contributed by atoms with Gasteiger partial charge < -0.3 is 6.16 Å². The number of unbranched alkanes of at least 4 members (excludes halogenated alkanes) is 11. The van der Waals surface area contributed by atoms with Crippen molar-refractivity contribution in [1.82, 2.24) is 0 Å². The molecule has 18 heavy (non-hydrogen) atoms. The van der Waals surface area contributed by atoms with E-state index >= 15 is 0 Å². The molecule has 104 valence electrons. The van der Waals surface area contributed by atoms with Gasteiger partial charge in [-0.1, -0.05) is 77.6 Å². The summed E-state index contributed by atoms with van der Waals surface area (Å²) >= 11 is 0. The monoisotopic (exact) mass is 266 g/mol. The summed E-state index contributed by atoms with van der Waals surface area (Å²) in [6.07, 6.45) is 16.1. The number of hydrogen-bond acceptors (Lipinski definition) is 2. The fourth-order valence-electron chi connectivity index (χ4n) is 2.07. The number of ether oxygens (including phenoxy) is 1. The van der Waals surface area contributed by atoms with Gasteiger partial charge in [-0.2, -0.15) is 0 Å². The second kappa shape index (κ2) is 19.8. The zero-order chi connectivity index (χ0) is 12.6. The van der Waals surface area contributed by atoms with E-state index in [1.165, 1.54) is 70.6 Å². The summed E-state index contributed by atoms with van der Waals surface area (Å²) in [5.41, 5.74) is 0. The van der Waals surface area contributed by atoms with Crippen molar-refractivity contribution in [3.63, 3.8) is 0 Å². The van der Waals surface area contributed by atoms with Crippen LogP contribution in [0.4, 0.5) is 0 Å². The summed E-state index contributed by atoms with van der Waals surface area (Å²) in [5, 5.41) is 0. The Morgan fingerprint density at radius 3 is 1.56 bits per heavy atom. The van der Waals surface area contributed by atoms with Gasteiger partial charge in [-0.15, -0.1) is 0 Å². The van der Waals surface area contributed by atoms with Crippen LogP contribution < -0.4 is 29.6 Å². The quantitative estimate of drug-likeness (QED) is 0.273. The van der Waals surface area contributed by atoms with Crippen molar-refractivity contribution in [3.05, 3.63) is 0 Å². The van der Waals surface area contributed by atoms with Crippen LogP contribution >= 0.6 is 0 Å². The van der Waals surface area contributed by atoms with E-state index in [-0.39, 0.29) is 31.0 Å². The van der Waals surface area contributed by atoms with Crippen LogP contribution in [0.2, 0.25) is 0 Å². The minimum Gasteiger partial charge on any atom is -1.00 e. The molecule has 0 N–H and O–H groups in total. The summed E-state index contributed by atoms with van der Waals surface area (Å²) in [6, 6.07) is 0. The number of carbonyl (C=O) groups excluding carboxylic acids is 1. The molecular formula is C15H31NaO2. The third-order valence-corrected chi connectivity index (χ3v) is 3.18. The largest absolute Gasteiger partial charge is 1.00 e. The van der Waals surface area contributed by atoms with E-state index in [4.69, 9.17) is 0 Å². The van der Waals surface area contributed by atoms with E-state index in [0.29, 0.717) is 13.1 Å². The van der Waals surface area contributed by atoms with Crippen molar-refractivity contribution in [2.24, 2.45) is 0 Å². The molecule has 0 aromatic rings. The molecule has 0 aliphatic carbocycles. The third kappa shape index (κ3) is 18.8. The van der Waals surface area contributed by atoms with Crippen LogP contribution in [0, 0.1) is 0 Å². The Hall–Kier alpha value is 0.470. The smallest absolute Gasteiger partial charge is 1.00 e. The van der Waals surface area contributed by atoms with Crippen molar-refractivity contribution < 1.29 is 40.5 Å². The molecule has 0 heterocycles. The molecule has 0 atom stereocenters. The summed E-state index contributed by atoms with van der Waals surface area (Å²) in [6.45, 7) is 3.40. The Labute approximate surface area is 137 Å². The van der Waals surface area contributed by atoms with Crippen LogP contribution in [-0.4, -0.2) is 13.1 Å². The van der Waals surface area contributed by atoms with Gasteiger partial charge in [0.05, 0.1) is 6.61 Å². The van der Waals surface area contributed by atoms with Gasteiger partial charge in [0.1, 0.15) is 0 Å². The van der Waals surface area contributed by atoms with Crippen molar-refractivity contribution in [2.75, 3.05) is 6.61 Å². The molecule has 0 radical (unpaired) electrons. The molecule has 0 saturated carbocycles. The first kappa shape index (κ1) is 20.8. The Kier molecular flexibility index (Phi) is 22.9. The van der Waals surface area contributed by atoms with Crippen LogP contribution in [-0.2, 0) is 9.53 Å². The summed E-state index contributed by atoms with van der Waals surface area (Å²) in [7, 11) is 0. The van der Waals surface area contributed by atoms with Gasteiger partial charge in [-0.05, 0) is 6.42 Å². The normalized spacial score (nSPS) is 9.83. The average Bonchev–Trinajstić information content (AvgIpc) is 2.35. The van der Waals surface area contributed by atoms with Gasteiger partial charge in [0.2, 0.25) is 0 Å². The zero-order valence-corrected chi connectivity index (χ0v) is 14.6. The molecule has 3 heteroatoms. The van der Waals surface area contributed by atoms with E-state index in [2.05, 4.69) is 11.7 Å². The Balaban J connectivity index is -0.00000128. The van der Waals surface area contributed by atoms with Gasteiger partial charge in [0.15, 0.2) is 0 Å². The molecule has 0 bridgehead atoms. The van der Waals surface area contributed by atoms with Crippen LogP contribution in [0.25, 0.3) is 0 Å². The van der Waals surface area contributed by atoms with Crippen molar-refractivity contribution >= 4 is 6.47 Å². The van der Waals surface area contributed by atoms with Gasteiger partial charge >= 0.3 is 29.6 Å². The van der Waals surface area contributed by atoms with Gasteiger partial charge in [-0.25, -0.2) is 0 Å². The van der Waals surface area contributed by atoms with Gasteiger partial charge in [0.25, 0.3) is 6.47 Å². The number of rotatable bonds is 14. The summed E-state index contributed by atoms with van der Waals surface area (Å²) < 4.78 is 4.64. The second-order valence-corrected chi connectivity index (χ2v) is 4.86. The first-order valence-corrected chi connectivity index (χ1v) is 7.47. The molecule has 0 fully saturated rings. The van der Waals surface area contributed by atoms with E-state index in [1.807, 2.05) is 0 Å². The minimum absolute atomic E-state index is 0. The van der Waals surface area contributed by atoms with Crippen molar-refractivity contribution in [3.8, 4) is 0 Å². The first-order chi connectivity index (χ1) is 8.41. The third-order valence-electron chi connectivity index (χ3n) is 3.18. The molecular weight excluding hydrogens is 235 g/mol. The van der Waals surface area contributed by atoms with E-state index in [9.17, 15) is 4.79 Å². The van der Waals surface area contributed by atoms with E-state index < -0.39 is 0 Å². The predicted octanol–water partition coefficient (Wildman–Crippen LogP) is 1.98. The van der Waals surface area contributed by atoms with Crippen molar-refractivity contribution in [1.29, 1.82) is 0 Å². The minimum atomic E-state index is 0. The summed E-state index contributed by atoms with van der Waals surface area (Å²) in [5.74, 6) is 0. The summed E-state index contributed by atoms with van der Waals surface area (Å²) in [4.78, 5) is 9.88. The topological polar surface area (TPSA) is 26.3 Å². The zero-order valence-electron chi connectivity index (χ0n) is 13.6. The fraction of sp³-hybridized carbons (Fsp3) is 0.933. The maximum Gasteiger partial charge on any atom is 1.00 e. The van der Waals surface area contributed by atoms with Crippen molar-refractivity contribution in [2.45, 2.75) is 84.0 Å². The SMILES string of the molecule is CCCCCCCCCCCCCCOC=O.[H-].[Na+]. The Bertz CT molecular complexity index is 157. The maximum absolute atomic E-state index is 9.88. The van der Waals surface area contributed by atoms with E-state index in [0.717, 1.165) is 6.42 Å². The first-order valence-electron chi connectivity index (χ1n) is 7.47. The van der Waals surface area contributed by atoms with Gasteiger partial charge in [0, 0.05) is 0 Å². The van der Waals surface area contributed by atoms with Crippen LogP contribution in [0.3, 0.4) is 0 Å². The molecule has 0 aromatic heterocycles. The van der Waals surface area contributed by atoms with E-state index in [1.54, 1.807) is 0 Å². The molecule has 2 nitrogen and oxygen atoms in total. The molecule has 0 aliphatic rings. The number of hydrogen-bond donors (Lipinski definition) is 0. The molecule has 0 spiro atoms. The molecule has 0 amide bonds. The molecule has 0 aromatic carbocycles. The van der Waals surface area contributed by atoms with Crippen LogP contribution in [0.1, 0.15) is 85.4 Å². The molecule has 0 rings (SSSR count). The second-order valence-electron chi connectivity index (χ2n) is 4.86. The predicted molar refractivity (Wildman–Crippen MR) is 74.2 cm³/mol. The van der Waals surface area contributed by atoms with Gasteiger partial charge in [-0.3, -0.25) is 4.79 Å². The number of carbonyl (C=O) groups is 1. The Morgan fingerprint density at radius 1 is 0.778 bits per heavy atom. The average molecular weight is 266 g/mol. The maximum atomic E-state index is 9.88. The fourth-order valence-corrected chi connectivity index (χ4v) is 2.07. The Morgan fingerprint density at radius 2 is 1.17 bits per heavy atom. The standard InChI is InChI=1S/C15H30O2.Na.H/c1-2-3-4-5-6-7-8-9-10-11-12-13-14-17-15-16;;/h15H,2-14H2,1H3;;/q;+1;-1. The molecule has 0 unspecified atom stereocenters. The molecule has 0 aliphatic heterocycles. The van der Waals surface area contributed by atoms with Crippen LogP contribution in [0.5, 0.6) is 0 Å².